The van der Waals surface area contributed by atoms with E-state index < -0.39 is 42.2 Å². The molecular weight excluding hydrogens is 570 g/mol. The molecular formula is C27H28F6N6O3. The smallest absolute Gasteiger partial charge is 0.416 e. The molecule has 0 N–H and O–H groups in total. The van der Waals surface area contributed by atoms with Crippen molar-refractivity contribution < 1.29 is 40.6 Å². The molecule has 1 atom stereocenters. The summed E-state index contributed by atoms with van der Waals surface area (Å²) in [6, 6.07) is 4.52. The molecule has 0 fully saturated rings. The van der Waals surface area contributed by atoms with Crippen LogP contribution in [0.2, 0.25) is 0 Å². The largest absolute Gasteiger partial charge is 0.446 e. The van der Waals surface area contributed by atoms with E-state index in [0.29, 0.717) is 49.4 Å². The van der Waals surface area contributed by atoms with Gasteiger partial charge in [0.15, 0.2) is 0 Å². The minimum atomic E-state index is -5.00. The Morgan fingerprint density at radius 2 is 1.69 bits per heavy atom. The van der Waals surface area contributed by atoms with Crippen molar-refractivity contribution in [2.45, 2.75) is 70.9 Å². The van der Waals surface area contributed by atoms with Crippen molar-refractivity contribution in [1.29, 1.82) is 0 Å². The van der Waals surface area contributed by atoms with Crippen molar-refractivity contribution in [3.63, 3.8) is 0 Å². The van der Waals surface area contributed by atoms with E-state index in [1.807, 2.05) is 12.1 Å². The Kier molecular flexibility index (Phi) is 7.81. The Morgan fingerprint density at radius 1 is 1.05 bits per heavy atom. The van der Waals surface area contributed by atoms with Crippen molar-refractivity contribution in [2.24, 2.45) is 7.05 Å². The van der Waals surface area contributed by atoms with Crippen LogP contribution in [0.4, 0.5) is 42.8 Å². The van der Waals surface area contributed by atoms with Gasteiger partial charge >= 0.3 is 18.4 Å². The number of hydrogen-bond donors (Lipinski definition) is 0. The number of aryl methyl sites for hydroxylation is 1. The maximum absolute atomic E-state index is 13.7. The number of halogens is 6. The zero-order valence-corrected chi connectivity index (χ0v) is 23.0. The van der Waals surface area contributed by atoms with Crippen LogP contribution in [0.3, 0.4) is 0 Å². The zero-order valence-electron chi connectivity index (χ0n) is 23.0. The predicted octanol–water partition coefficient (Wildman–Crippen LogP) is 6.17. The first-order valence-corrected chi connectivity index (χ1v) is 13.2. The lowest BCUT2D eigenvalue weighted by atomic mass is 9.95. The Bertz CT molecular complexity index is 1440. The third kappa shape index (κ3) is 6.15. The summed E-state index contributed by atoms with van der Waals surface area (Å²) in [7, 11) is 1.50. The number of fused-ring (bicyclic) bond motifs is 2. The number of anilines is 2. The van der Waals surface area contributed by atoms with Crippen molar-refractivity contribution >= 4 is 17.7 Å². The highest BCUT2D eigenvalue weighted by molar-refractivity contribution is 5.89. The fourth-order valence-corrected chi connectivity index (χ4v) is 5.25. The highest BCUT2D eigenvalue weighted by Gasteiger charge is 2.38. The lowest BCUT2D eigenvalue weighted by Gasteiger charge is -2.32. The fourth-order valence-electron chi connectivity index (χ4n) is 5.25. The van der Waals surface area contributed by atoms with Gasteiger partial charge < -0.3 is 14.4 Å². The minimum absolute atomic E-state index is 0.00868. The molecule has 0 aliphatic carbocycles. The van der Waals surface area contributed by atoms with Gasteiger partial charge in [-0.05, 0) is 84.5 Å². The van der Waals surface area contributed by atoms with Gasteiger partial charge in [-0.3, -0.25) is 4.90 Å². The van der Waals surface area contributed by atoms with Crippen molar-refractivity contribution in [3.05, 3.63) is 63.7 Å². The molecule has 2 aromatic carbocycles. The molecule has 0 saturated heterocycles. The number of rotatable bonds is 5. The second kappa shape index (κ2) is 11.1. The van der Waals surface area contributed by atoms with Crippen LogP contribution in [0.25, 0.3) is 0 Å². The number of tetrazole rings is 1. The van der Waals surface area contributed by atoms with Crippen LogP contribution in [0.15, 0.2) is 30.3 Å². The standard InChI is InChI=1S/C27H28F6N6O3/c1-15(2)42-25(40)38-6-4-5-22(21-9-17-13-41-14-18(17)10-23(21)38)39(24-34-36-37(3)35-24)12-16-7-19(26(28,29)30)11-20(8-16)27(31,32)33/h7-11,15,22H,4-6,12-14H2,1-3H3. The van der Waals surface area contributed by atoms with Gasteiger partial charge in [0.2, 0.25) is 0 Å². The van der Waals surface area contributed by atoms with Crippen LogP contribution in [0.1, 0.15) is 66.1 Å². The number of nitrogens with zero attached hydrogens (tertiary/aromatic N) is 6. The summed E-state index contributed by atoms with van der Waals surface area (Å²) in [4.78, 5) is 17.3. The zero-order chi connectivity index (χ0) is 30.4. The number of carbonyl (C=O) groups is 1. The molecule has 5 rings (SSSR count). The van der Waals surface area contributed by atoms with Gasteiger partial charge in [0.1, 0.15) is 0 Å². The summed E-state index contributed by atoms with van der Waals surface area (Å²) in [5, 5.41) is 12.1. The molecule has 3 aromatic rings. The predicted molar refractivity (Wildman–Crippen MR) is 137 cm³/mol. The quantitative estimate of drug-likeness (QED) is 0.325. The van der Waals surface area contributed by atoms with Crippen LogP contribution >= 0.6 is 0 Å². The lowest BCUT2D eigenvalue weighted by molar-refractivity contribution is -0.143. The van der Waals surface area contributed by atoms with Gasteiger partial charge in [-0.1, -0.05) is 5.10 Å². The number of benzene rings is 2. The maximum Gasteiger partial charge on any atom is 0.416 e. The third-order valence-corrected chi connectivity index (χ3v) is 7.06. The summed E-state index contributed by atoms with van der Waals surface area (Å²) >= 11 is 0. The molecule has 0 bridgehead atoms. The average Bonchev–Trinajstić information content (AvgIpc) is 3.49. The van der Waals surface area contributed by atoms with E-state index in [9.17, 15) is 31.1 Å². The van der Waals surface area contributed by atoms with Crippen molar-refractivity contribution in [2.75, 3.05) is 16.3 Å². The molecule has 0 saturated carbocycles. The van der Waals surface area contributed by atoms with Gasteiger partial charge in [0, 0.05) is 13.1 Å². The second-order valence-electron chi connectivity index (χ2n) is 10.5. The van der Waals surface area contributed by atoms with Gasteiger partial charge in [-0.15, -0.1) is 5.10 Å². The van der Waals surface area contributed by atoms with E-state index in [0.717, 1.165) is 15.9 Å². The maximum atomic E-state index is 13.7. The first kappa shape index (κ1) is 29.6. The van der Waals surface area contributed by atoms with E-state index in [1.165, 1.54) is 16.8 Å². The SMILES string of the molecule is CC(C)OC(=O)N1CCCC(N(Cc2cc(C(F)(F)F)cc(C(F)(F)F)c2)c2nnn(C)n2)c2cc3c(cc21)COC3. The van der Waals surface area contributed by atoms with E-state index >= 15 is 0 Å². The summed E-state index contributed by atoms with van der Waals surface area (Å²) < 4.78 is 93.0. The highest BCUT2D eigenvalue weighted by Crippen LogP contribution is 2.43. The lowest BCUT2D eigenvalue weighted by Crippen LogP contribution is -2.34. The Hall–Kier alpha value is -3.88. The van der Waals surface area contributed by atoms with Crippen LogP contribution < -0.4 is 9.80 Å². The van der Waals surface area contributed by atoms with Crippen LogP contribution in [-0.4, -0.2) is 38.9 Å². The number of hydrogen-bond acceptors (Lipinski definition) is 7. The van der Waals surface area contributed by atoms with Crippen LogP contribution in [-0.2, 0) is 48.6 Å². The molecule has 1 unspecified atom stereocenters. The summed E-state index contributed by atoms with van der Waals surface area (Å²) in [6.07, 6.45) is -10.1. The average molecular weight is 599 g/mol. The number of ether oxygens (including phenoxy) is 2. The first-order valence-electron chi connectivity index (χ1n) is 13.2. The minimum Gasteiger partial charge on any atom is -0.446 e. The Balaban J connectivity index is 1.64. The molecule has 3 heterocycles. The van der Waals surface area contributed by atoms with Crippen LogP contribution in [0.5, 0.6) is 0 Å². The summed E-state index contributed by atoms with van der Waals surface area (Å²) in [5.74, 6) is 0.00868. The molecule has 2 aliphatic heterocycles. The molecule has 42 heavy (non-hydrogen) atoms. The molecule has 0 spiro atoms. The van der Waals surface area contributed by atoms with Gasteiger partial charge in [0.25, 0.3) is 5.95 Å². The number of aromatic nitrogens is 4. The Morgan fingerprint density at radius 3 is 2.26 bits per heavy atom. The molecule has 2 aliphatic rings. The third-order valence-electron chi connectivity index (χ3n) is 7.06. The molecule has 15 heteroatoms. The van der Waals surface area contributed by atoms with Gasteiger partial charge in [-0.25, -0.2) is 4.79 Å². The summed E-state index contributed by atoms with van der Waals surface area (Å²) in [6.45, 7) is 3.98. The fraction of sp³-hybridized carbons (Fsp3) is 0.481. The highest BCUT2D eigenvalue weighted by atomic mass is 19.4. The van der Waals surface area contributed by atoms with E-state index in [4.69, 9.17) is 9.47 Å². The van der Waals surface area contributed by atoms with E-state index in [1.54, 1.807) is 13.8 Å². The van der Waals surface area contributed by atoms with E-state index in [2.05, 4.69) is 15.4 Å². The second-order valence-corrected chi connectivity index (χ2v) is 10.5. The summed E-state index contributed by atoms with van der Waals surface area (Å²) in [5.41, 5.74) is -0.210. The van der Waals surface area contributed by atoms with E-state index in [-0.39, 0.29) is 30.2 Å². The Labute approximate surface area is 237 Å². The van der Waals surface area contributed by atoms with Gasteiger partial charge in [-0.2, -0.15) is 31.1 Å². The van der Waals surface area contributed by atoms with Crippen molar-refractivity contribution in [1.82, 2.24) is 20.2 Å². The van der Waals surface area contributed by atoms with Gasteiger partial charge in [0.05, 0.1) is 49.2 Å². The number of alkyl halides is 6. The number of carbonyl (C=O) groups excluding carboxylic acids is 1. The molecule has 0 radical (unpaired) electrons. The number of amides is 1. The first-order chi connectivity index (χ1) is 19.7. The van der Waals surface area contributed by atoms with Crippen LogP contribution in [0, 0.1) is 0 Å². The van der Waals surface area contributed by atoms with Crippen molar-refractivity contribution in [3.8, 4) is 0 Å². The molecule has 226 valence electrons. The molecule has 1 aromatic heterocycles. The topological polar surface area (TPSA) is 85.6 Å². The monoisotopic (exact) mass is 598 g/mol. The normalized spacial score (nSPS) is 17.2. The molecule has 9 nitrogen and oxygen atoms in total. The molecule has 1 amide bonds.